The van der Waals surface area contributed by atoms with Crippen molar-refractivity contribution in [3.8, 4) is 0 Å². The Labute approximate surface area is 494 Å². The predicted molar refractivity (Wildman–Crippen MR) is 346 cm³/mol. The number of ether oxygens (including phenoxy) is 1. The van der Waals surface area contributed by atoms with E-state index < -0.39 is 20.0 Å². The lowest BCUT2D eigenvalue weighted by atomic mass is 10.0. The zero-order valence-electron chi connectivity index (χ0n) is 52.8. The zero-order valence-corrected chi connectivity index (χ0v) is 53.7. The first kappa shape index (κ1) is 76.9. The highest BCUT2D eigenvalue weighted by atomic mass is 31.2. The summed E-state index contributed by atoms with van der Waals surface area (Å²) in [6, 6.07) is -0.892. The van der Waals surface area contributed by atoms with Crippen LogP contribution in [-0.4, -0.2) is 74.3 Å². The predicted octanol–water partition coefficient (Wildman–Crippen LogP) is 20.7. The van der Waals surface area contributed by atoms with Crippen molar-refractivity contribution in [1.29, 1.82) is 0 Å². The number of hydrogen-bond acceptors (Lipinski definition) is 6. The number of allylic oxidation sites excluding steroid dienone is 15. The summed E-state index contributed by atoms with van der Waals surface area (Å²) < 4.78 is 30.7. The average Bonchev–Trinajstić information content (AvgIpc) is 3.42. The normalized spacial score (nSPS) is 14.2. The molecular weight excluding hydrogens is 1010 g/mol. The van der Waals surface area contributed by atoms with E-state index in [0.717, 1.165) is 77.0 Å². The molecule has 0 aliphatic rings. The number of amides is 1. The molecule has 0 saturated carbocycles. The van der Waals surface area contributed by atoms with E-state index in [1.54, 1.807) is 0 Å². The minimum atomic E-state index is -4.47. The Morgan fingerprint density at radius 2 is 0.812 bits per heavy atom. The summed E-state index contributed by atoms with van der Waals surface area (Å²) in [5.41, 5.74) is 0. The van der Waals surface area contributed by atoms with Crippen LogP contribution in [0.1, 0.15) is 284 Å². The van der Waals surface area contributed by atoms with E-state index in [1.807, 2.05) is 39.4 Å². The van der Waals surface area contributed by atoms with Crippen LogP contribution in [0.25, 0.3) is 0 Å². The fraction of sp³-hybridized carbons (Fsp3) is 0.743. The molecule has 9 nitrogen and oxygen atoms in total. The molecule has 1 amide bonds. The van der Waals surface area contributed by atoms with Crippen molar-refractivity contribution in [2.45, 2.75) is 296 Å². The van der Waals surface area contributed by atoms with Crippen LogP contribution in [0.15, 0.2) is 97.2 Å². The van der Waals surface area contributed by atoms with Crippen LogP contribution in [-0.2, 0) is 27.9 Å². The Bertz CT molecular complexity index is 1690. The van der Waals surface area contributed by atoms with Gasteiger partial charge in [0.15, 0.2) is 0 Å². The number of carbonyl (C=O) groups is 2. The Morgan fingerprint density at radius 1 is 0.450 bits per heavy atom. The summed E-state index contributed by atoms with van der Waals surface area (Å²) in [5, 5.41) is 3.01. The van der Waals surface area contributed by atoms with Crippen LogP contribution < -0.4 is 5.32 Å². The maximum Gasteiger partial charge on any atom is 0.472 e. The van der Waals surface area contributed by atoms with E-state index in [9.17, 15) is 19.0 Å². The van der Waals surface area contributed by atoms with Crippen LogP contribution in [0.2, 0.25) is 0 Å². The Morgan fingerprint density at radius 3 is 1.25 bits per heavy atom. The summed E-state index contributed by atoms with van der Waals surface area (Å²) in [4.78, 5) is 37.7. The van der Waals surface area contributed by atoms with Crippen molar-refractivity contribution in [3.63, 3.8) is 0 Å². The monoisotopic (exact) mass is 1140 g/mol. The van der Waals surface area contributed by atoms with E-state index in [4.69, 9.17) is 13.8 Å². The maximum absolute atomic E-state index is 13.5. The minimum absolute atomic E-state index is 0.0238. The number of esters is 1. The van der Waals surface area contributed by atoms with Gasteiger partial charge in [-0.25, -0.2) is 4.57 Å². The molecule has 3 unspecified atom stereocenters. The van der Waals surface area contributed by atoms with Gasteiger partial charge in [0.05, 0.1) is 33.8 Å². The number of hydrogen-bond donors (Lipinski definition) is 2. The standard InChI is InChI=1S/C70H125N2O7P/c1-7-10-13-16-19-22-25-28-30-32-33-34-35-36-37-38-39-40-42-45-48-51-54-57-60-63-70(74)79-68(61-58-55-52-49-46-43-27-24-21-18-15-12-9-3)67(66-78-80(75,76)77-65-64-72(4,5)6)71-69(73)62-59-56-53-50-47-44-41-31-29-26-23-20-17-14-11-8-2/h11,14,19-20,22-23,28-31,44,47,53,56,58,61,67-68H,7-10,12-13,15-18,21,24-27,32-43,45-46,48-52,54-55,57,59-60,62-66H2,1-6H3,(H-,71,73,75,76)/p+1/b14-11+,22-19-,23-20+,30-28-,31-29+,47-44+,56-53+,61-58-. The molecule has 0 radical (unpaired) electrons. The Hall–Kier alpha value is -3.07. The van der Waals surface area contributed by atoms with Gasteiger partial charge in [-0.05, 0) is 96.0 Å². The van der Waals surface area contributed by atoms with Crippen LogP contribution >= 0.6 is 7.82 Å². The number of nitrogens with one attached hydrogen (secondary N) is 1. The van der Waals surface area contributed by atoms with Crippen molar-refractivity contribution < 1.29 is 37.3 Å². The lowest BCUT2D eigenvalue weighted by molar-refractivity contribution is -0.870. The Kier molecular flexibility index (Phi) is 56.8. The van der Waals surface area contributed by atoms with Crippen LogP contribution in [0.5, 0.6) is 0 Å². The number of quaternary nitrogens is 1. The first-order valence-electron chi connectivity index (χ1n) is 33.1. The lowest BCUT2D eigenvalue weighted by Gasteiger charge is -2.27. The van der Waals surface area contributed by atoms with E-state index in [0.29, 0.717) is 17.4 Å². The quantitative estimate of drug-likeness (QED) is 0.0205. The molecule has 3 atom stereocenters. The number of carbonyl (C=O) groups excluding carboxylic acids is 2. The van der Waals surface area contributed by atoms with Gasteiger partial charge in [0.25, 0.3) is 0 Å². The summed E-state index contributed by atoms with van der Waals surface area (Å²) in [5.74, 6) is -0.599. The first-order valence-corrected chi connectivity index (χ1v) is 34.6. The lowest BCUT2D eigenvalue weighted by Crippen LogP contribution is -2.47. The van der Waals surface area contributed by atoms with Gasteiger partial charge in [-0.3, -0.25) is 18.6 Å². The van der Waals surface area contributed by atoms with E-state index in [-0.39, 0.29) is 37.9 Å². The summed E-state index contributed by atoms with van der Waals surface area (Å²) in [6.07, 6.45) is 80.1. The molecule has 0 spiro atoms. The third-order valence-corrected chi connectivity index (χ3v) is 15.3. The number of phosphoric ester groups is 1. The van der Waals surface area contributed by atoms with E-state index >= 15 is 0 Å². The van der Waals surface area contributed by atoms with Crippen LogP contribution in [0.3, 0.4) is 0 Å². The van der Waals surface area contributed by atoms with Crippen molar-refractivity contribution >= 4 is 19.7 Å². The molecule has 0 aliphatic heterocycles. The third-order valence-electron chi connectivity index (χ3n) is 14.3. The van der Waals surface area contributed by atoms with Gasteiger partial charge in [0.2, 0.25) is 5.91 Å². The first-order chi connectivity index (χ1) is 38.9. The Balaban J connectivity index is 5.20. The summed E-state index contributed by atoms with van der Waals surface area (Å²) in [6.45, 7) is 6.83. The molecule has 80 heavy (non-hydrogen) atoms. The zero-order chi connectivity index (χ0) is 58.6. The summed E-state index contributed by atoms with van der Waals surface area (Å²) in [7, 11) is 1.45. The van der Waals surface area contributed by atoms with Crippen molar-refractivity contribution in [1.82, 2.24) is 5.32 Å². The summed E-state index contributed by atoms with van der Waals surface area (Å²) >= 11 is 0. The molecule has 0 saturated heterocycles. The molecule has 0 aromatic heterocycles. The molecule has 0 aliphatic carbocycles. The highest BCUT2D eigenvalue weighted by Gasteiger charge is 2.30. The largest absolute Gasteiger partial charge is 0.472 e. The fourth-order valence-electron chi connectivity index (χ4n) is 9.19. The third kappa shape index (κ3) is 59.5. The molecule has 0 rings (SSSR count). The number of phosphoric acid groups is 1. The van der Waals surface area contributed by atoms with Crippen molar-refractivity contribution in [3.05, 3.63) is 97.2 Å². The van der Waals surface area contributed by atoms with Gasteiger partial charge in [-0.15, -0.1) is 0 Å². The fourth-order valence-corrected chi connectivity index (χ4v) is 9.93. The number of rotatable bonds is 59. The molecule has 0 aromatic carbocycles. The molecule has 0 aromatic rings. The molecule has 2 N–H and O–H groups in total. The van der Waals surface area contributed by atoms with Gasteiger partial charge < -0.3 is 19.4 Å². The molecule has 10 heteroatoms. The number of likely N-dealkylation sites (N-methyl/N-ethyl adjacent to an activating group) is 1. The highest BCUT2D eigenvalue weighted by Crippen LogP contribution is 2.43. The van der Waals surface area contributed by atoms with E-state index in [2.05, 4.69) is 105 Å². The average molecular weight is 1140 g/mol. The number of nitrogens with zero attached hydrogens (tertiary/aromatic N) is 1. The van der Waals surface area contributed by atoms with Crippen molar-refractivity contribution in [2.24, 2.45) is 0 Å². The second-order valence-corrected chi connectivity index (χ2v) is 24.7. The molecule has 0 fully saturated rings. The van der Waals surface area contributed by atoms with Gasteiger partial charge in [-0.2, -0.15) is 0 Å². The van der Waals surface area contributed by atoms with Gasteiger partial charge >= 0.3 is 13.8 Å². The topological polar surface area (TPSA) is 111 Å². The molecule has 0 heterocycles. The van der Waals surface area contributed by atoms with Crippen LogP contribution in [0, 0.1) is 0 Å². The molecular formula is C70H126N2O7P+. The van der Waals surface area contributed by atoms with Crippen molar-refractivity contribution in [2.75, 3.05) is 40.9 Å². The van der Waals surface area contributed by atoms with Gasteiger partial charge in [0, 0.05) is 12.8 Å². The van der Waals surface area contributed by atoms with Crippen LogP contribution in [0.4, 0.5) is 0 Å². The second-order valence-electron chi connectivity index (χ2n) is 23.3. The molecule has 462 valence electrons. The second kappa shape index (κ2) is 59.1. The van der Waals surface area contributed by atoms with E-state index in [1.165, 1.54) is 167 Å². The van der Waals surface area contributed by atoms with Gasteiger partial charge in [-0.1, -0.05) is 272 Å². The van der Waals surface area contributed by atoms with Gasteiger partial charge in [0.1, 0.15) is 19.3 Å². The SMILES string of the molecule is CC/C=C/C/C=C/C/C=C/C/C=C/C/C=C/CCC(=O)NC(COP(=O)(O)OCC[N+](C)(C)C)C(/C=C\CCCCCCCCCCCCC)OC(=O)CCCCCCCCCCCCCCCCC/C=C\C/C=C\CCCCC. The highest BCUT2D eigenvalue weighted by molar-refractivity contribution is 7.47. The maximum atomic E-state index is 13.5. The molecule has 0 bridgehead atoms. The number of unbranched alkanes of at least 4 members (excludes halogenated alkanes) is 29. The smallest absolute Gasteiger partial charge is 0.456 e. The minimum Gasteiger partial charge on any atom is -0.456 e.